The lowest BCUT2D eigenvalue weighted by Gasteiger charge is -2.19. The van der Waals surface area contributed by atoms with Gasteiger partial charge in [0.15, 0.2) is 0 Å². The van der Waals surface area contributed by atoms with Crippen molar-refractivity contribution >= 4 is 28.5 Å². The van der Waals surface area contributed by atoms with Crippen molar-refractivity contribution < 1.29 is 28.2 Å². The lowest BCUT2D eigenvalue weighted by atomic mass is 10.0. The highest BCUT2D eigenvalue weighted by molar-refractivity contribution is 6.17. The molecule has 7 nitrogen and oxygen atoms in total. The van der Waals surface area contributed by atoms with Gasteiger partial charge in [0.05, 0.1) is 26.2 Å². The molecule has 0 spiro atoms. The number of H-pyrrole nitrogens is 1. The molecule has 0 saturated carbocycles. The van der Waals surface area contributed by atoms with Gasteiger partial charge in [0, 0.05) is 17.4 Å². The second-order valence-electron chi connectivity index (χ2n) is 7.11. The van der Waals surface area contributed by atoms with E-state index in [4.69, 9.17) is 14.2 Å². The standard InChI is InChI=1S/C20H25FN2O5/c1-20(2,3)28-19(25)22-9-8-13-14-10-12(21)6-7-16(14)23-17(13)15(11-26-4)18(24)27-5/h6-7,10-11,23H,8-9H2,1-5H3,(H,22,25)/b15-11-. The molecule has 1 amide bonds. The van der Waals surface area contributed by atoms with Crippen LogP contribution in [0.1, 0.15) is 32.0 Å². The molecule has 2 N–H and O–H groups in total. The number of methoxy groups -OCH3 is 2. The second-order valence-corrected chi connectivity index (χ2v) is 7.11. The van der Waals surface area contributed by atoms with Crippen molar-refractivity contribution in [1.82, 2.24) is 10.3 Å². The number of halogens is 1. The zero-order valence-electron chi connectivity index (χ0n) is 16.6. The van der Waals surface area contributed by atoms with Crippen LogP contribution >= 0.6 is 0 Å². The molecule has 152 valence electrons. The van der Waals surface area contributed by atoms with Gasteiger partial charge in [-0.2, -0.15) is 0 Å². The fourth-order valence-corrected chi connectivity index (χ4v) is 2.75. The van der Waals surface area contributed by atoms with Gasteiger partial charge in [-0.25, -0.2) is 14.0 Å². The number of aromatic nitrogens is 1. The van der Waals surface area contributed by atoms with Crippen molar-refractivity contribution in [2.24, 2.45) is 0 Å². The second kappa shape index (κ2) is 8.77. The molecule has 1 aromatic heterocycles. The van der Waals surface area contributed by atoms with E-state index < -0.39 is 23.5 Å². The Morgan fingerprint density at radius 3 is 2.57 bits per heavy atom. The highest BCUT2D eigenvalue weighted by atomic mass is 19.1. The molecule has 8 heteroatoms. The van der Waals surface area contributed by atoms with Crippen LogP contribution < -0.4 is 5.32 Å². The number of rotatable bonds is 6. The monoisotopic (exact) mass is 392 g/mol. The minimum absolute atomic E-state index is 0.161. The first kappa shape index (κ1) is 21.3. The van der Waals surface area contributed by atoms with Crippen LogP contribution in [0.4, 0.5) is 9.18 Å². The number of benzene rings is 1. The topological polar surface area (TPSA) is 89.7 Å². The van der Waals surface area contributed by atoms with Crippen LogP contribution in [0.3, 0.4) is 0 Å². The predicted molar refractivity (Wildman–Crippen MR) is 103 cm³/mol. The maximum Gasteiger partial charge on any atom is 0.407 e. The molecule has 2 rings (SSSR count). The third-order valence-electron chi connectivity index (χ3n) is 3.82. The van der Waals surface area contributed by atoms with E-state index >= 15 is 0 Å². The summed E-state index contributed by atoms with van der Waals surface area (Å²) < 4.78 is 28.8. The first-order valence-electron chi connectivity index (χ1n) is 8.75. The number of amides is 1. The number of carbonyl (C=O) groups is 2. The van der Waals surface area contributed by atoms with E-state index in [1.165, 1.54) is 32.6 Å². The Hall–Kier alpha value is -3.03. The smallest absolute Gasteiger partial charge is 0.407 e. The van der Waals surface area contributed by atoms with Gasteiger partial charge >= 0.3 is 12.1 Å². The number of ether oxygens (including phenoxy) is 3. The Balaban J connectivity index is 2.36. The van der Waals surface area contributed by atoms with Crippen molar-refractivity contribution in [2.45, 2.75) is 32.8 Å². The summed E-state index contributed by atoms with van der Waals surface area (Å²) in [6.07, 6.45) is 1.04. The van der Waals surface area contributed by atoms with Crippen LogP contribution in [0.2, 0.25) is 0 Å². The molecule has 1 heterocycles. The fourth-order valence-electron chi connectivity index (χ4n) is 2.75. The SMILES string of the molecule is CO/C=C(\C(=O)OC)c1[nH]c2ccc(F)cc2c1CCNC(=O)OC(C)(C)C. The quantitative estimate of drug-likeness (QED) is 0.446. The van der Waals surface area contributed by atoms with Crippen LogP contribution in [0.15, 0.2) is 24.5 Å². The summed E-state index contributed by atoms with van der Waals surface area (Å²) in [6, 6.07) is 4.28. The molecule has 0 atom stereocenters. The predicted octanol–water partition coefficient (Wildman–Crippen LogP) is 3.53. The van der Waals surface area contributed by atoms with Gasteiger partial charge < -0.3 is 24.5 Å². The minimum Gasteiger partial charge on any atom is -0.503 e. The molecule has 0 fully saturated rings. The molecular formula is C20H25FN2O5. The first-order chi connectivity index (χ1) is 13.2. The van der Waals surface area contributed by atoms with Gasteiger partial charge in [-0.1, -0.05) is 0 Å². The highest BCUT2D eigenvalue weighted by Gasteiger charge is 2.22. The van der Waals surface area contributed by atoms with Crippen LogP contribution in [0, 0.1) is 5.82 Å². The molecule has 0 radical (unpaired) electrons. The summed E-state index contributed by atoms with van der Waals surface area (Å²) in [4.78, 5) is 27.2. The number of nitrogens with one attached hydrogen (secondary N) is 2. The van der Waals surface area contributed by atoms with E-state index in [0.29, 0.717) is 28.6 Å². The Kier molecular flexibility index (Phi) is 6.66. The zero-order chi connectivity index (χ0) is 20.9. The molecule has 28 heavy (non-hydrogen) atoms. The summed E-state index contributed by atoms with van der Waals surface area (Å²) in [7, 11) is 2.67. The fraction of sp³-hybridized carbons (Fsp3) is 0.400. The van der Waals surface area contributed by atoms with E-state index in [0.717, 1.165) is 0 Å². The molecule has 0 unspecified atom stereocenters. The van der Waals surface area contributed by atoms with Crippen LogP contribution in [0.25, 0.3) is 16.5 Å². The van der Waals surface area contributed by atoms with Gasteiger partial charge in [-0.05, 0) is 51.0 Å². The number of fused-ring (bicyclic) bond motifs is 1. The average molecular weight is 392 g/mol. The van der Waals surface area contributed by atoms with Gasteiger partial charge in [-0.15, -0.1) is 0 Å². The lowest BCUT2D eigenvalue weighted by molar-refractivity contribution is -0.133. The molecule has 2 aromatic rings. The first-order valence-corrected chi connectivity index (χ1v) is 8.75. The zero-order valence-corrected chi connectivity index (χ0v) is 16.6. The van der Waals surface area contributed by atoms with E-state index in [1.54, 1.807) is 26.8 Å². The largest absolute Gasteiger partial charge is 0.503 e. The Labute approximate surface area is 162 Å². The maximum absolute atomic E-state index is 13.8. The Morgan fingerprint density at radius 1 is 1.25 bits per heavy atom. The third-order valence-corrected chi connectivity index (χ3v) is 3.82. The van der Waals surface area contributed by atoms with Crippen molar-refractivity contribution in [3.8, 4) is 0 Å². The summed E-state index contributed by atoms with van der Waals surface area (Å²) in [5.74, 6) is -1.01. The van der Waals surface area contributed by atoms with Crippen molar-refractivity contribution in [3.63, 3.8) is 0 Å². The van der Waals surface area contributed by atoms with Gasteiger partial charge in [0.2, 0.25) is 0 Å². The number of aromatic amines is 1. The number of carbonyl (C=O) groups excluding carboxylic acids is 2. The molecule has 1 aromatic carbocycles. The van der Waals surface area contributed by atoms with Crippen molar-refractivity contribution in [1.29, 1.82) is 0 Å². The summed E-state index contributed by atoms with van der Waals surface area (Å²) in [6.45, 7) is 5.54. The summed E-state index contributed by atoms with van der Waals surface area (Å²) >= 11 is 0. The molecular weight excluding hydrogens is 367 g/mol. The molecule has 0 aliphatic heterocycles. The van der Waals surface area contributed by atoms with Crippen molar-refractivity contribution in [3.05, 3.63) is 41.5 Å². The van der Waals surface area contributed by atoms with E-state index in [9.17, 15) is 14.0 Å². The molecule has 0 bridgehead atoms. The van der Waals surface area contributed by atoms with Gasteiger partial charge in [0.1, 0.15) is 17.0 Å². The number of alkyl carbamates (subject to hydrolysis) is 1. The normalized spacial score (nSPS) is 12.0. The highest BCUT2D eigenvalue weighted by Crippen LogP contribution is 2.29. The Bertz CT molecular complexity index is 896. The number of hydrogen-bond acceptors (Lipinski definition) is 5. The van der Waals surface area contributed by atoms with Crippen LogP contribution in [-0.2, 0) is 25.4 Å². The third kappa shape index (κ3) is 5.25. The van der Waals surface area contributed by atoms with Crippen LogP contribution in [0.5, 0.6) is 0 Å². The molecule has 0 aliphatic carbocycles. The van der Waals surface area contributed by atoms with Gasteiger partial charge in [-0.3, -0.25) is 0 Å². The lowest BCUT2D eigenvalue weighted by Crippen LogP contribution is -2.33. The summed E-state index contributed by atoms with van der Waals surface area (Å²) in [5.41, 5.74) is 1.29. The van der Waals surface area contributed by atoms with Gasteiger partial charge in [0.25, 0.3) is 0 Å². The van der Waals surface area contributed by atoms with E-state index in [1.807, 2.05) is 0 Å². The number of hydrogen-bond donors (Lipinski definition) is 2. The Morgan fingerprint density at radius 2 is 1.96 bits per heavy atom. The average Bonchev–Trinajstić information content (AvgIpc) is 2.95. The summed E-state index contributed by atoms with van der Waals surface area (Å²) in [5, 5.41) is 3.27. The van der Waals surface area contributed by atoms with E-state index in [2.05, 4.69) is 10.3 Å². The molecule has 0 saturated heterocycles. The van der Waals surface area contributed by atoms with E-state index in [-0.39, 0.29) is 12.1 Å². The minimum atomic E-state index is -0.613. The number of esters is 1. The van der Waals surface area contributed by atoms with Crippen LogP contribution in [-0.4, -0.2) is 43.4 Å². The van der Waals surface area contributed by atoms with Crippen molar-refractivity contribution in [2.75, 3.05) is 20.8 Å². The molecule has 0 aliphatic rings. The maximum atomic E-state index is 13.8.